The first kappa shape index (κ1) is 45.2. The third-order valence-corrected chi connectivity index (χ3v) is 14.3. The minimum atomic E-state index is -3.84. The van der Waals surface area contributed by atoms with Gasteiger partial charge in [0.15, 0.2) is 0 Å². The number of aryl methyl sites for hydroxylation is 1. The van der Waals surface area contributed by atoms with E-state index in [4.69, 9.17) is 24.2 Å². The van der Waals surface area contributed by atoms with Crippen molar-refractivity contribution in [3.8, 4) is 22.2 Å². The number of nitrogens with zero attached hydrogens (tertiary/aromatic N) is 3. The largest absolute Gasteiger partial charge is 0.496 e. The van der Waals surface area contributed by atoms with Crippen LogP contribution in [0.1, 0.15) is 98.8 Å². The first-order valence-electron chi connectivity index (χ1n) is 20.4. The van der Waals surface area contributed by atoms with Crippen LogP contribution in [-0.2, 0) is 24.3 Å². The Bertz CT molecular complexity index is 2260. The molecule has 0 bridgehead atoms. The lowest BCUT2D eigenvalue weighted by Crippen LogP contribution is -2.62. The van der Waals surface area contributed by atoms with Crippen LogP contribution in [0.25, 0.3) is 21.6 Å². The summed E-state index contributed by atoms with van der Waals surface area (Å²) in [5.74, 6) is -0.970. The number of benzene rings is 1. The molecule has 17 heteroatoms. The van der Waals surface area contributed by atoms with Crippen molar-refractivity contribution in [1.29, 1.82) is 0 Å². The van der Waals surface area contributed by atoms with Crippen LogP contribution in [0.3, 0.4) is 0 Å². The number of aliphatic hydroxyl groups is 1. The van der Waals surface area contributed by atoms with E-state index >= 15 is 0 Å². The second-order valence-corrected chi connectivity index (χ2v) is 21.6. The smallest absolute Gasteiger partial charge is 0.408 e. The zero-order chi connectivity index (χ0) is 44.3. The minimum absolute atomic E-state index is 0.0571. The number of carbonyl (C=O) groups is 3. The lowest BCUT2D eigenvalue weighted by Gasteiger charge is -2.36. The van der Waals surface area contributed by atoms with Crippen LogP contribution in [0.4, 0.5) is 4.79 Å². The average molecular weight is 869 g/mol. The number of ether oxygens (including phenoxy) is 3. The molecule has 1 aliphatic heterocycles. The van der Waals surface area contributed by atoms with E-state index in [9.17, 15) is 27.9 Å². The number of aromatic nitrogens is 2. The lowest BCUT2D eigenvalue weighted by molar-refractivity contribution is -0.143. The number of sulfonamides is 1. The Labute approximate surface area is 357 Å². The van der Waals surface area contributed by atoms with Gasteiger partial charge in [-0.2, -0.15) is 4.72 Å². The van der Waals surface area contributed by atoms with E-state index in [-0.39, 0.29) is 18.9 Å². The summed E-state index contributed by atoms with van der Waals surface area (Å²) in [5.41, 5.74) is -0.137. The maximum Gasteiger partial charge on any atom is 0.408 e. The van der Waals surface area contributed by atoms with Crippen molar-refractivity contribution in [3.63, 3.8) is 0 Å². The van der Waals surface area contributed by atoms with E-state index in [1.165, 1.54) is 16.2 Å². The molecule has 2 saturated carbocycles. The Balaban J connectivity index is 1.40. The Morgan fingerprint density at radius 1 is 1.10 bits per heavy atom. The molecule has 6 rings (SSSR count). The van der Waals surface area contributed by atoms with Gasteiger partial charge in [0, 0.05) is 34.2 Å². The van der Waals surface area contributed by atoms with E-state index in [1.54, 1.807) is 61.7 Å². The number of methoxy groups -OCH3 is 1. The number of thiazole rings is 1. The normalized spacial score (nSPS) is 24.2. The Morgan fingerprint density at radius 3 is 2.33 bits per heavy atom. The molecule has 2 aromatic heterocycles. The minimum Gasteiger partial charge on any atom is -0.496 e. The number of nitrogens with one attached hydrogen (secondary N) is 3. The summed E-state index contributed by atoms with van der Waals surface area (Å²) in [6.45, 7) is 22.2. The van der Waals surface area contributed by atoms with Crippen molar-refractivity contribution in [2.75, 3.05) is 13.7 Å². The summed E-state index contributed by atoms with van der Waals surface area (Å²) >= 11 is 1.47. The lowest BCUT2D eigenvalue weighted by atomic mass is 9.85. The van der Waals surface area contributed by atoms with Gasteiger partial charge in [0.1, 0.15) is 52.2 Å². The first-order chi connectivity index (χ1) is 27.9. The Kier molecular flexibility index (Phi) is 12.4. The highest BCUT2D eigenvalue weighted by atomic mass is 32.2. The van der Waals surface area contributed by atoms with Gasteiger partial charge in [-0.05, 0) is 70.4 Å². The first-order valence-corrected chi connectivity index (χ1v) is 22.9. The SMILES string of the molecule is C=CC1CC1(NC(=O)C1C(C)C(Oc2cc(-c3nc(C(C)C)cs3)nc3c(C)c(OC)ccc23)CN1C(=O)C(NC(=O)OC(C)(C)C)C(C)(C)C)C(O)NS(=O)(=O)C1CC1. The topological polar surface area (TPSA) is 198 Å². The predicted octanol–water partition coefficient (Wildman–Crippen LogP) is 5.79. The number of likely N-dealkylation sites (tertiary alicyclic amines) is 1. The molecule has 15 nitrogen and oxygen atoms in total. The number of hydrogen-bond donors (Lipinski definition) is 4. The molecule has 3 aliphatic rings. The van der Waals surface area contributed by atoms with E-state index < -0.39 is 86.0 Å². The molecule has 3 heterocycles. The molecule has 0 spiro atoms. The summed E-state index contributed by atoms with van der Waals surface area (Å²) in [6.07, 6.45) is -0.445. The van der Waals surface area contributed by atoms with Crippen LogP contribution in [0.2, 0.25) is 0 Å². The maximum atomic E-state index is 14.9. The molecule has 7 unspecified atom stereocenters. The highest BCUT2D eigenvalue weighted by Gasteiger charge is 2.62. The fourth-order valence-electron chi connectivity index (χ4n) is 7.76. The molecule has 3 amide bonds. The second kappa shape index (κ2) is 16.5. The standard InChI is InChI=1S/C43H60N6O9S2/c1-13-25-19-43(25,39(52)48-60(54,55)26-14-15-26)47-36(50)34-24(5)32(20-49(34)38(51)35(41(6,7)8)46-40(53)58-42(9,10)11)57-31-18-28(37-45-29(21-59-37)22(2)3)44-33-23(4)30(56-12)17-16-27(31)33/h13,16-18,21-22,24-26,32,34-35,39,48,52H,1,14-15,19-20H2,2-12H3,(H,46,53)(H,47,50). The van der Waals surface area contributed by atoms with Gasteiger partial charge in [-0.15, -0.1) is 17.9 Å². The van der Waals surface area contributed by atoms with Crippen molar-refractivity contribution < 1.29 is 42.1 Å². The second-order valence-electron chi connectivity index (χ2n) is 18.8. The predicted molar refractivity (Wildman–Crippen MR) is 230 cm³/mol. The molecule has 1 aromatic carbocycles. The number of hydrogen-bond acceptors (Lipinski definition) is 12. The van der Waals surface area contributed by atoms with Crippen LogP contribution in [-0.4, -0.2) is 101 Å². The van der Waals surface area contributed by atoms with Crippen LogP contribution < -0.4 is 24.8 Å². The third kappa shape index (κ3) is 9.28. The number of aliphatic hydroxyl groups excluding tert-OH is 1. The molecule has 4 N–H and O–H groups in total. The van der Waals surface area contributed by atoms with Gasteiger partial charge >= 0.3 is 6.09 Å². The highest BCUT2D eigenvalue weighted by Crippen LogP contribution is 2.48. The molecule has 60 heavy (non-hydrogen) atoms. The van der Waals surface area contributed by atoms with Crippen LogP contribution in [0, 0.1) is 24.2 Å². The maximum absolute atomic E-state index is 14.9. The summed E-state index contributed by atoms with van der Waals surface area (Å²) in [7, 11) is -2.25. The number of amides is 3. The van der Waals surface area contributed by atoms with Crippen molar-refractivity contribution in [1.82, 2.24) is 30.2 Å². The van der Waals surface area contributed by atoms with Crippen molar-refractivity contribution in [2.45, 2.75) is 135 Å². The van der Waals surface area contributed by atoms with Gasteiger partial charge in [0.2, 0.25) is 21.8 Å². The fourth-order valence-corrected chi connectivity index (χ4v) is 10.2. The molecular weight excluding hydrogens is 809 g/mol. The monoisotopic (exact) mass is 868 g/mol. The molecule has 1 saturated heterocycles. The average Bonchev–Trinajstić information content (AvgIpc) is 4.05. The van der Waals surface area contributed by atoms with E-state index in [1.807, 2.05) is 30.5 Å². The highest BCUT2D eigenvalue weighted by molar-refractivity contribution is 7.90. The van der Waals surface area contributed by atoms with Gasteiger partial charge in [-0.1, -0.05) is 47.6 Å². The zero-order valence-electron chi connectivity index (χ0n) is 36.4. The molecule has 3 aromatic rings. The van der Waals surface area contributed by atoms with Gasteiger partial charge in [0.05, 0.1) is 35.7 Å². The molecule has 3 fully saturated rings. The van der Waals surface area contributed by atoms with Gasteiger partial charge in [-0.3, -0.25) is 9.59 Å². The van der Waals surface area contributed by atoms with Crippen molar-refractivity contribution in [2.24, 2.45) is 17.3 Å². The number of pyridine rings is 1. The number of rotatable bonds is 14. The fraction of sp³-hybridized carbons (Fsp3) is 0.605. The van der Waals surface area contributed by atoms with Crippen LogP contribution in [0.5, 0.6) is 11.5 Å². The summed E-state index contributed by atoms with van der Waals surface area (Å²) in [5, 5.41) is 19.9. The van der Waals surface area contributed by atoms with Crippen molar-refractivity contribution in [3.05, 3.63) is 47.5 Å². The van der Waals surface area contributed by atoms with Crippen LogP contribution >= 0.6 is 11.3 Å². The van der Waals surface area contributed by atoms with E-state index in [0.717, 1.165) is 11.3 Å². The third-order valence-electron chi connectivity index (χ3n) is 11.5. The van der Waals surface area contributed by atoms with E-state index in [2.05, 4.69) is 35.8 Å². The summed E-state index contributed by atoms with van der Waals surface area (Å²) in [4.78, 5) is 54.2. The molecule has 328 valence electrons. The zero-order valence-corrected chi connectivity index (χ0v) is 38.0. The van der Waals surface area contributed by atoms with Gasteiger partial charge in [0.25, 0.3) is 0 Å². The molecule has 7 atom stereocenters. The molecule has 0 radical (unpaired) electrons. The number of carbonyl (C=O) groups excluding carboxylic acids is 3. The van der Waals surface area contributed by atoms with Crippen molar-refractivity contribution >= 4 is 50.2 Å². The Hall–Kier alpha value is -4.32. The number of alkyl carbamates (subject to hydrolysis) is 1. The molecule has 2 aliphatic carbocycles. The van der Waals surface area contributed by atoms with Gasteiger partial charge < -0.3 is 34.9 Å². The summed E-state index contributed by atoms with van der Waals surface area (Å²) in [6, 6.07) is 3.20. The number of fused-ring (bicyclic) bond motifs is 1. The quantitative estimate of drug-likeness (QED) is 0.113. The molecular formula is C43H60N6O9S2. The van der Waals surface area contributed by atoms with E-state index in [0.29, 0.717) is 45.9 Å². The van der Waals surface area contributed by atoms with Crippen LogP contribution in [0.15, 0.2) is 36.2 Å². The van der Waals surface area contributed by atoms with Gasteiger partial charge in [-0.25, -0.2) is 23.2 Å². The Morgan fingerprint density at radius 2 is 1.78 bits per heavy atom. The summed E-state index contributed by atoms with van der Waals surface area (Å²) < 4.78 is 46.3.